The van der Waals surface area contributed by atoms with E-state index in [0.717, 1.165) is 19.4 Å². The summed E-state index contributed by atoms with van der Waals surface area (Å²) in [6, 6.07) is 35.0. The maximum absolute atomic E-state index is 2.49. The smallest absolute Gasteiger partial charge is 0.182 e. The third-order valence-corrected chi connectivity index (χ3v) is 5.57. The van der Waals surface area contributed by atoms with Crippen LogP contribution >= 0.6 is 0 Å². The first-order chi connectivity index (χ1) is 14.3. The quantitative estimate of drug-likeness (QED) is 0.338. The van der Waals surface area contributed by atoms with Gasteiger partial charge in [0, 0.05) is 30.5 Å². The fourth-order valence-corrected chi connectivity index (χ4v) is 3.94. The summed E-state index contributed by atoms with van der Waals surface area (Å²) < 4.78 is 2.49. The number of pyridine rings is 1. The first-order valence-corrected chi connectivity index (χ1v) is 10.5. The minimum absolute atomic E-state index is 0.913. The monoisotopic (exact) mass is 378 g/mol. The van der Waals surface area contributed by atoms with Gasteiger partial charge in [-0.25, -0.2) is 0 Å². The molecule has 144 valence electrons. The largest absolute Gasteiger partial charge is 0.195 e. The maximum atomic E-state index is 2.49. The van der Waals surface area contributed by atoms with Crippen LogP contribution in [-0.4, -0.2) is 0 Å². The molecular weight excluding hydrogens is 350 g/mol. The Morgan fingerprint density at radius 3 is 1.45 bits per heavy atom. The predicted octanol–water partition coefficient (Wildman–Crippen LogP) is 6.48. The minimum atomic E-state index is 0.913. The summed E-state index contributed by atoms with van der Waals surface area (Å²) in [4.78, 5) is 0. The fraction of sp³-hybridized carbons (Fsp3) is 0.179. The first-order valence-electron chi connectivity index (χ1n) is 10.5. The van der Waals surface area contributed by atoms with Crippen LogP contribution in [0, 0.1) is 0 Å². The lowest BCUT2D eigenvalue weighted by molar-refractivity contribution is -0.702. The topological polar surface area (TPSA) is 3.88 Å². The zero-order valence-electron chi connectivity index (χ0n) is 17.3. The standard InChI is InChI=1S/C28H28N/c1-3-27-19-26(24-13-9-6-10-14-24)20-28(4-2)29(27)21-22-15-17-25(18-16-22)23-11-7-5-8-12-23/h5-20H,3-4,21H2,1-2H3/q+1. The molecule has 0 N–H and O–H groups in total. The Labute approximate surface area is 174 Å². The van der Waals surface area contributed by atoms with Gasteiger partial charge in [0.05, 0.1) is 0 Å². The molecule has 4 rings (SSSR count). The van der Waals surface area contributed by atoms with Crippen LogP contribution in [-0.2, 0) is 19.4 Å². The molecule has 0 aliphatic rings. The van der Waals surface area contributed by atoms with Crippen molar-refractivity contribution in [1.82, 2.24) is 0 Å². The van der Waals surface area contributed by atoms with Crippen LogP contribution in [0.3, 0.4) is 0 Å². The van der Waals surface area contributed by atoms with Crippen molar-refractivity contribution in [3.05, 3.63) is 114 Å². The van der Waals surface area contributed by atoms with Gasteiger partial charge in [0.1, 0.15) is 0 Å². The first kappa shape index (κ1) is 19.1. The number of hydrogen-bond donors (Lipinski definition) is 0. The normalized spacial score (nSPS) is 10.8. The van der Waals surface area contributed by atoms with Gasteiger partial charge in [0.15, 0.2) is 17.9 Å². The van der Waals surface area contributed by atoms with Gasteiger partial charge < -0.3 is 0 Å². The van der Waals surface area contributed by atoms with Crippen molar-refractivity contribution < 1.29 is 4.57 Å². The maximum Gasteiger partial charge on any atom is 0.182 e. The second kappa shape index (κ2) is 8.87. The van der Waals surface area contributed by atoms with Gasteiger partial charge in [-0.05, 0) is 22.3 Å². The lowest BCUT2D eigenvalue weighted by atomic mass is 10.0. The van der Waals surface area contributed by atoms with E-state index in [1.54, 1.807) is 0 Å². The zero-order valence-corrected chi connectivity index (χ0v) is 17.3. The van der Waals surface area contributed by atoms with Crippen molar-refractivity contribution in [2.75, 3.05) is 0 Å². The summed E-state index contributed by atoms with van der Waals surface area (Å²) in [6.45, 7) is 5.41. The highest BCUT2D eigenvalue weighted by molar-refractivity contribution is 5.64. The molecule has 0 aliphatic carbocycles. The lowest BCUT2D eigenvalue weighted by Crippen LogP contribution is -2.43. The van der Waals surface area contributed by atoms with Crippen LogP contribution < -0.4 is 4.57 Å². The SMILES string of the molecule is CCc1cc(-c2ccccc2)cc(CC)[n+]1Cc1ccc(-c2ccccc2)cc1. The molecule has 0 spiro atoms. The van der Waals surface area contributed by atoms with Crippen LogP contribution in [0.1, 0.15) is 30.8 Å². The third-order valence-electron chi connectivity index (χ3n) is 5.57. The van der Waals surface area contributed by atoms with Gasteiger partial charge in [-0.2, -0.15) is 4.57 Å². The Hall–Kier alpha value is -3.19. The van der Waals surface area contributed by atoms with Gasteiger partial charge in [-0.15, -0.1) is 0 Å². The summed E-state index contributed by atoms with van der Waals surface area (Å²) in [5, 5.41) is 0. The van der Waals surface area contributed by atoms with Gasteiger partial charge in [-0.1, -0.05) is 98.8 Å². The fourth-order valence-electron chi connectivity index (χ4n) is 3.94. The molecule has 0 fully saturated rings. The van der Waals surface area contributed by atoms with E-state index in [0.29, 0.717) is 0 Å². The Morgan fingerprint density at radius 2 is 0.966 bits per heavy atom. The van der Waals surface area contributed by atoms with Crippen molar-refractivity contribution in [1.29, 1.82) is 0 Å². The van der Waals surface area contributed by atoms with Crippen molar-refractivity contribution in [3.8, 4) is 22.3 Å². The Morgan fingerprint density at radius 1 is 0.517 bits per heavy atom. The van der Waals surface area contributed by atoms with E-state index in [9.17, 15) is 0 Å². The highest BCUT2D eigenvalue weighted by atomic mass is 15.0. The molecule has 1 heteroatoms. The van der Waals surface area contributed by atoms with E-state index in [2.05, 4.69) is 115 Å². The molecule has 0 saturated heterocycles. The molecule has 1 aromatic heterocycles. The van der Waals surface area contributed by atoms with Crippen LogP contribution in [0.25, 0.3) is 22.3 Å². The molecule has 1 nitrogen and oxygen atoms in total. The summed E-state index contributed by atoms with van der Waals surface area (Å²) in [6.07, 6.45) is 2.05. The molecule has 0 saturated carbocycles. The summed E-state index contributed by atoms with van der Waals surface area (Å²) in [5.74, 6) is 0. The molecule has 29 heavy (non-hydrogen) atoms. The lowest BCUT2D eigenvalue weighted by Gasteiger charge is -2.11. The van der Waals surface area contributed by atoms with Crippen LogP contribution in [0.2, 0.25) is 0 Å². The summed E-state index contributed by atoms with van der Waals surface area (Å²) >= 11 is 0. The number of nitrogens with zero attached hydrogens (tertiary/aromatic N) is 1. The predicted molar refractivity (Wildman–Crippen MR) is 122 cm³/mol. The Bertz CT molecular complexity index is 1040. The molecule has 0 unspecified atom stereocenters. The van der Waals surface area contributed by atoms with E-state index in [1.165, 1.54) is 39.2 Å². The van der Waals surface area contributed by atoms with Gasteiger partial charge in [0.25, 0.3) is 0 Å². The average molecular weight is 379 g/mol. The van der Waals surface area contributed by atoms with Crippen molar-refractivity contribution in [2.24, 2.45) is 0 Å². The molecule has 3 aromatic carbocycles. The second-order valence-corrected chi connectivity index (χ2v) is 7.45. The molecule has 0 bridgehead atoms. The van der Waals surface area contributed by atoms with Crippen molar-refractivity contribution >= 4 is 0 Å². The molecule has 0 radical (unpaired) electrons. The van der Waals surface area contributed by atoms with Crippen LogP contribution in [0.4, 0.5) is 0 Å². The second-order valence-electron chi connectivity index (χ2n) is 7.45. The summed E-state index contributed by atoms with van der Waals surface area (Å²) in [7, 11) is 0. The van der Waals surface area contributed by atoms with E-state index >= 15 is 0 Å². The number of benzene rings is 3. The van der Waals surface area contributed by atoms with E-state index in [4.69, 9.17) is 0 Å². The van der Waals surface area contributed by atoms with Gasteiger partial charge in [-0.3, -0.25) is 0 Å². The van der Waals surface area contributed by atoms with Crippen LogP contribution in [0.15, 0.2) is 97.1 Å². The van der Waals surface area contributed by atoms with E-state index in [-0.39, 0.29) is 0 Å². The van der Waals surface area contributed by atoms with Gasteiger partial charge in [0.2, 0.25) is 0 Å². The highest BCUT2D eigenvalue weighted by Crippen LogP contribution is 2.22. The average Bonchev–Trinajstić information content (AvgIpc) is 2.80. The number of hydrogen-bond acceptors (Lipinski definition) is 0. The molecule has 0 amide bonds. The molecule has 4 aromatic rings. The van der Waals surface area contributed by atoms with E-state index < -0.39 is 0 Å². The molecule has 1 heterocycles. The van der Waals surface area contributed by atoms with Gasteiger partial charge >= 0.3 is 0 Å². The highest BCUT2D eigenvalue weighted by Gasteiger charge is 2.18. The molecular formula is C28H28N+. The number of rotatable bonds is 6. The van der Waals surface area contributed by atoms with Crippen molar-refractivity contribution in [2.45, 2.75) is 33.2 Å². The van der Waals surface area contributed by atoms with E-state index in [1.807, 2.05) is 0 Å². The van der Waals surface area contributed by atoms with Crippen molar-refractivity contribution in [3.63, 3.8) is 0 Å². The molecule has 0 atom stereocenters. The number of aromatic nitrogens is 1. The number of aryl methyl sites for hydroxylation is 2. The Balaban J connectivity index is 1.66. The summed E-state index contributed by atoms with van der Waals surface area (Å²) in [5.41, 5.74) is 9.25. The Kier molecular flexibility index (Phi) is 5.86. The van der Waals surface area contributed by atoms with Crippen LogP contribution in [0.5, 0.6) is 0 Å². The zero-order chi connectivity index (χ0) is 20.1. The minimum Gasteiger partial charge on any atom is -0.195 e. The molecule has 0 aliphatic heterocycles. The third kappa shape index (κ3) is 4.30.